The first-order valence-corrected chi connectivity index (χ1v) is 10.3. The van der Waals surface area contributed by atoms with Gasteiger partial charge in [0.15, 0.2) is 5.54 Å². The van der Waals surface area contributed by atoms with Crippen molar-refractivity contribution in [2.24, 2.45) is 10.9 Å². The van der Waals surface area contributed by atoms with Crippen molar-refractivity contribution in [3.8, 4) is 0 Å². The third kappa shape index (κ3) is 2.13. The first-order valence-electron chi connectivity index (χ1n) is 10.3. The number of hydrogen-bond donors (Lipinski definition) is 0. The molecule has 1 aliphatic carbocycles. The summed E-state index contributed by atoms with van der Waals surface area (Å²) in [6.45, 7) is 0.278. The highest BCUT2D eigenvalue weighted by atomic mass is 16.2. The number of carbonyl (C=O) groups excluding carboxylic acids is 2. The van der Waals surface area contributed by atoms with Gasteiger partial charge in [-0.1, -0.05) is 84.9 Å². The quantitative estimate of drug-likeness (QED) is 0.632. The number of aliphatic imine (C=N–C) groups is 1. The van der Waals surface area contributed by atoms with Crippen molar-refractivity contribution in [2.75, 3.05) is 0 Å². The predicted octanol–water partition coefficient (Wildman–Crippen LogP) is 4.03. The minimum absolute atomic E-state index is 0.0103. The van der Waals surface area contributed by atoms with Crippen LogP contribution in [0.25, 0.3) is 0 Å². The van der Waals surface area contributed by atoms with Crippen LogP contribution in [0, 0.1) is 5.92 Å². The number of imide groups is 1. The van der Waals surface area contributed by atoms with Crippen LogP contribution in [-0.4, -0.2) is 22.9 Å². The van der Waals surface area contributed by atoms with E-state index in [2.05, 4.69) is 18.2 Å². The monoisotopic (exact) mass is 392 g/mol. The molecule has 0 aromatic heterocycles. The van der Waals surface area contributed by atoms with Gasteiger partial charge in [-0.05, 0) is 22.3 Å². The number of likely N-dealkylation sites (tertiary alicyclic amines) is 1. The average Bonchev–Trinajstić information content (AvgIpc) is 3.03. The third-order valence-corrected chi connectivity index (χ3v) is 6.84. The van der Waals surface area contributed by atoms with E-state index in [4.69, 9.17) is 4.99 Å². The van der Waals surface area contributed by atoms with Gasteiger partial charge in [0.1, 0.15) is 0 Å². The smallest absolute Gasteiger partial charge is 0.262 e. The number of nitrogens with zero attached hydrogens (tertiary/aromatic N) is 2. The molecular formula is C26H20N2O2. The lowest BCUT2D eigenvalue weighted by atomic mass is 9.57. The lowest BCUT2D eigenvalue weighted by molar-refractivity contribution is -0.141. The number of benzene rings is 3. The van der Waals surface area contributed by atoms with Gasteiger partial charge in [-0.25, -0.2) is 0 Å². The molecule has 0 radical (unpaired) electrons. The van der Waals surface area contributed by atoms with E-state index >= 15 is 0 Å². The van der Waals surface area contributed by atoms with Crippen LogP contribution in [-0.2, 0) is 21.7 Å². The normalized spacial score (nSPS) is 28.5. The Kier molecular flexibility index (Phi) is 3.60. The molecule has 4 heteroatoms. The van der Waals surface area contributed by atoms with Crippen LogP contribution in [0.4, 0.5) is 0 Å². The van der Waals surface area contributed by atoms with Crippen LogP contribution >= 0.6 is 0 Å². The number of hydrogen-bond acceptors (Lipinski definition) is 3. The van der Waals surface area contributed by atoms with E-state index in [9.17, 15) is 9.59 Å². The average molecular weight is 392 g/mol. The maximum atomic E-state index is 13.9. The van der Waals surface area contributed by atoms with Crippen molar-refractivity contribution in [2.45, 2.75) is 23.9 Å². The van der Waals surface area contributed by atoms with Crippen LogP contribution in [0.1, 0.15) is 34.1 Å². The van der Waals surface area contributed by atoms with Gasteiger partial charge in [-0.2, -0.15) is 0 Å². The molecule has 1 saturated heterocycles. The Morgan fingerprint density at radius 3 is 2.27 bits per heavy atom. The second kappa shape index (κ2) is 6.23. The molecule has 4 nitrogen and oxygen atoms in total. The maximum absolute atomic E-state index is 13.9. The fraction of sp³-hybridized carbons (Fsp3) is 0.192. The Morgan fingerprint density at radius 1 is 0.833 bits per heavy atom. The molecule has 7 rings (SSSR count). The molecule has 1 fully saturated rings. The first-order chi connectivity index (χ1) is 14.7. The molecule has 0 N–H and O–H groups in total. The van der Waals surface area contributed by atoms with Gasteiger partial charge in [0, 0.05) is 18.1 Å². The van der Waals surface area contributed by atoms with Crippen LogP contribution in [0.3, 0.4) is 0 Å². The summed E-state index contributed by atoms with van der Waals surface area (Å²) < 4.78 is 0. The Hall–Kier alpha value is -3.53. The van der Waals surface area contributed by atoms with E-state index in [1.165, 1.54) is 4.90 Å². The maximum Gasteiger partial charge on any atom is 0.262 e. The van der Waals surface area contributed by atoms with Crippen molar-refractivity contribution in [1.82, 2.24) is 4.90 Å². The van der Waals surface area contributed by atoms with Crippen molar-refractivity contribution < 1.29 is 9.59 Å². The van der Waals surface area contributed by atoms with Gasteiger partial charge >= 0.3 is 0 Å². The summed E-state index contributed by atoms with van der Waals surface area (Å²) in [5, 5.41) is 0. The van der Waals surface area contributed by atoms with Crippen LogP contribution in [0.15, 0.2) is 89.9 Å². The summed E-state index contributed by atoms with van der Waals surface area (Å²) in [5.74, 6) is -0.945. The SMILES string of the molecule is O=C1C2C(c3ccccc3)C3C=NC2(C(=O)N1Cc1ccccc1)c1ccccc13. The predicted molar refractivity (Wildman–Crippen MR) is 114 cm³/mol. The topological polar surface area (TPSA) is 49.7 Å². The van der Waals surface area contributed by atoms with Crippen molar-refractivity contribution in [3.05, 3.63) is 107 Å². The van der Waals surface area contributed by atoms with Gasteiger partial charge in [-0.15, -0.1) is 0 Å². The minimum atomic E-state index is -1.16. The summed E-state index contributed by atoms with van der Waals surface area (Å²) >= 11 is 0. The van der Waals surface area contributed by atoms with Crippen molar-refractivity contribution >= 4 is 18.0 Å². The zero-order valence-electron chi connectivity index (χ0n) is 16.3. The summed E-state index contributed by atoms with van der Waals surface area (Å²) in [7, 11) is 0. The van der Waals surface area contributed by atoms with E-state index in [0.29, 0.717) is 0 Å². The van der Waals surface area contributed by atoms with Crippen LogP contribution in [0.5, 0.6) is 0 Å². The zero-order valence-corrected chi connectivity index (χ0v) is 16.3. The van der Waals surface area contributed by atoms with Crippen molar-refractivity contribution in [1.29, 1.82) is 0 Å². The molecule has 4 atom stereocenters. The highest BCUT2D eigenvalue weighted by molar-refractivity contribution is 6.13. The zero-order chi connectivity index (χ0) is 20.3. The second-order valence-electron chi connectivity index (χ2n) is 8.29. The molecule has 146 valence electrons. The molecule has 0 saturated carbocycles. The molecule has 2 bridgehead atoms. The highest BCUT2D eigenvalue weighted by Crippen LogP contribution is 2.61. The van der Waals surface area contributed by atoms with E-state index in [1.54, 1.807) is 0 Å². The lowest BCUT2D eigenvalue weighted by Gasteiger charge is -2.47. The van der Waals surface area contributed by atoms with Gasteiger partial charge in [0.25, 0.3) is 5.91 Å². The Labute approximate surface area is 174 Å². The summed E-state index contributed by atoms with van der Waals surface area (Å²) in [6.07, 6.45) is 1.91. The fourth-order valence-electron chi connectivity index (χ4n) is 5.58. The molecule has 30 heavy (non-hydrogen) atoms. The summed E-state index contributed by atoms with van der Waals surface area (Å²) in [5.41, 5.74) is 2.87. The van der Waals surface area contributed by atoms with Gasteiger partial charge in [0.05, 0.1) is 12.5 Å². The lowest BCUT2D eigenvalue weighted by Crippen LogP contribution is -2.50. The van der Waals surface area contributed by atoms with Crippen molar-refractivity contribution in [3.63, 3.8) is 0 Å². The molecule has 3 aliphatic heterocycles. The van der Waals surface area contributed by atoms with E-state index in [-0.39, 0.29) is 30.2 Å². The Bertz CT molecular complexity index is 1190. The second-order valence-corrected chi connectivity index (χ2v) is 8.29. The van der Waals surface area contributed by atoms with Gasteiger partial charge in [-0.3, -0.25) is 19.5 Å². The molecule has 3 aromatic carbocycles. The number of rotatable bonds is 3. The molecule has 3 aromatic rings. The summed E-state index contributed by atoms with van der Waals surface area (Å²) in [4.78, 5) is 33.8. The van der Waals surface area contributed by atoms with Crippen LogP contribution < -0.4 is 0 Å². The first kappa shape index (κ1) is 17.3. The number of carbonyl (C=O) groups is 2. The van der Waals surface area contributed by atoms with Crippen LogP contribution in [0.2, 0.25) is 0 Å². The van der Waals surface area contributed by atoms with E-state index in [1.807, 2.05) is 72.9 Å². The molecule has 4 unspecified atom stereocenters. The standard InChI is InChI=1S/C26H20N2O2/c29-24-23-22(18-11-5-2-6-12-18)20-15-27-26(23,21-14-8-7-13-19(20)21)25(30)28(24)16-17-9-3-1-4-10-17/h1-15,20,22-23H,16H2. The van der Waals surface area contributed by atoms with Gasteiger partial charge in [0.2, 0.25) is 5.91 Å². The molecule has 4 aliphatic rings. The molecule has 3 heterocycles. The van der Waals surface area contributed by atoms with E-state index in [0.717, 1.165) is 22.3 Å². The largest absolute Gasteiger partial charge is 0.275 e. The summed E-state index contributed by atoms with van der Waals surface area (Å²) in [6, 6.07) is 27.8. The Morgan fingerprint density at radius 2 is 1.50 bits per heavy atom. The number of amides is 2. The molecule has 1 spiro atoms. The highest BCUT2D eigenvalue weighted by Gasteiger charge is 2.68. The molecular weight excluding hydrogens is 372 g/mol. The van der Waals surface area contributed by atoms with E-state index < -0.39 is 11.5 Å². The third-order valence-electron chi connectivity index (χ3n) is 6.84. The van der Waals surface area contributed by atoms with Gasteiger partial charge < -0.3 is 0 Å². The fourth-order valence-corrected chi connectivity index (χ4v) is 5.58. The Balaban J connectivity index is 1.55. The molecule has 2 amide bonds. The minimum Gasteiger partial charge on any atom is -0.275 e.